The van der Waals surface area contributed by atoms with E-state index in [2.05, 4.69) is 29.6 Å². The van der Waals surface area contributed by atoms with Crippen LogP contribution in [0, 0.1) is 0 Å². The normalized spacial score (nSPS) is 22.2. The van der Waals surface area contributed by atoms with Crippen LogP contribution in [-0.4, -0.2) is 32.4 Å². The zero-order valence-corrected chi connectivity index (χ0v) is 11.8. The summed E-state index contributed by atoms with van der Waals surface area (Å²) in [5, 5.41) is 5.54. The molecule has 1 fully saturated rings. The molecule has 3 rings (SSSR count). The Bertz CT molecular complexity index is 564. The predicted octanol–water partition coefficient (Wildman–Crippen LogP) is 2.99. The molecule has 2 unspecified atom stereocenters. The summed E-state index contributed by atoms with van der Waals surface area (Å²) in [6.45, 7) is 1.55. The molecule has 106 valence electrons. The standard InChI is InChI=1S/C17H21NO2/c1-18-11-14-9-10-15(20-14)12-19-17-8-4-6-13-5-2-3-7-16(13)17/h2-8,14-15,18H,9-12H2,1H3. The number of nitrogens with one attached hydrogen (secondary N) is 1. The van der Waals surface area contributed by atoms with Crippen LogP contribution in [0.3, 0.4) is 0 Å². The average molecular weight is 271 g/mol. The van der Waals surface area contributed by atoms with E-state index in [4.69, 9.17) is 9.47 Å². The molecule has 0 bridgehead atoms. The Kier molecular flexibility index (Phi) is 4.19. The van der Waals surface area contributed by atoms with E-state index in [1.807, 2.05) is 25.2 Å². The van der Waals surface area contributed by atoms with Gasteiger partial charge in [-0.25, -0.2) is 0 Å². The van der Waals surface area contributed by atoms with E-state index >= 15 is 0 Å². The Morgan fingerprint density at radius 1 is 1.10 bits per heavy atom. The van der Waals surface area contributed by atoms with Gasteiger partial charge in [0.15, 0.2) is 0 Å². The van der Waals surface area contributed by atoms with Crippen molar-refractivity contribution in [3.63, 3.8) is 0 Å². The summed E-state index contributed by atoms with van der Waals surface area (Å²) < 4.78 is 11.9. The number of hydrogen-bond acceptors (Lipinski definition) is 3. The highest BCUT2D eigenvalue weighted by Gasteiger charge is 2.25. The van der Waals surface area contributed by atoms with Gasteiger partial charge in [0.25, 0.3) is 0 Å². The van der Waals surface area contributed by atoms with Crippen molar-refractivity contribution in [3.8, 4) is 5.75 Å². The number of ether oxygens (including phenoxy) is 2. The third-order valence-corrected chi connectivity index (χ3v) is 3.80. The van der Waals surface area contributed by atoms with Gasteiger partial charge in [-0.1, -0.05) is 36.4 Å². The van der Waals surface area contributed by atoms with E-state index in [1.165, 1.54) is 10.8 Å². The van der Waals surface area contributed by atoms with Crippen LogP contribution < -0.4 is 10.1 Å². The second-order valence-electron chi connectivity index (χ2n) is 5.30. The molecule has 0 spiro atoms. The van der Waals surface area contributed by atoms with Crippen LogP contribution in [0.15, 0.2) is 42.5 Å². The summed E-state index contributed by atoms with van der Waals surface area (Å²) in [5.41, 5.74) is 0. The van der Waals surface area contributed by atoms with Crippen LogP contribution >= 0.6 is 0 Å². The fourth-order valence-corrected chi connectivity index (χ4v) is 2.78. The minimum absolute atomic E-state index is 0.215. The van der Waals surface area contributed by atoms with Crippen molar-refractivity contribution >= 4 is 10.8 Å². The molecule has 2 aromatic rings. The largest absolute Gasteiger partial charge is 0.490 e. The van der Waals surface area contributed by atoms with Crippen molar-refractivity contribution in [3.05, 3.63) is 42.5 Å². The van der Waals surface area contributed by atoms with E-state index in [1.54, 1.807) is 0 Å². The monoisotopic (exact) mass is 271 g/mol. The van der Waals surface area contributed by atoms with E-state index in [9.17, 15) is 0 Å². The van der Waals surface area contributed by atoms with Crippen LogP contribution in [0.25, 0.3) is 10.8 Å². The van der Waals surface area contributed by atoms with Gasteiger partial charge in [0.05, 0.1) is 12.2 Å². The molecule has 0 saturated carbocycles. The summed E-state index contributed by atoms with van der Waals surface area (Å²) in [7, 11) is 1.96. The Hall–Kier alpha value is -1.58. The van der Waals surface area contributed by atoms with E-state index in [0.29, 0.717) is 12.7 Å². The van der Waals surface area contributed by atoms with Crippen molar-refractivity contribution in [1.29, 1.82) is 0 Å². The third-order valence-electron chi connectivity index (χ3n) is 3.80. The quantitative estimate of drug-likeness (QED) is 0.907. The lowest BCUT2D eigenvalue weighted by molar-refractivity contribution is 0.0197. The second-order valence-corrected chi connectivity index (χ2v) is 5.30. The molecule has 1 heterocycles. The number of fused-ring (bicyclic) bond motifs is 1. The van der Waals surface area contributed by atoms with Crippen LogP contribution in [-0.2, 0) is 4.74 Å². The first-order chi connectivity index (χ1) is 9.86. The SMILES string of the molecule is CNCC1CCC(COc2cccc3ccccc23)O1. The molecule has 0 amide bonds. The maximum atomic E-state index is 5.98. The lowest BCUT2D eigenvalue weighted by Crippen LogP contribution is -2.25. The molecule has 0 radical (unpaired) electrons. The zero-order chi connectivity index (χ0) is 13.8. The summed E-state index contributed by atoms with van der Waals surface area (Å²) in [4.78, 5) is 0. The van der Waals surface area contributed by atoms with E-state index in [0.717, 1.165) is 25.1 Å². The fraction of sp³-hybridized carbons (Fsp3) is 0.412. The van der Waals surface area contributed by atoms with Crippen molar-refractivity contribution < 1.29 is 9.47 Å². The van der Waals surface area contributed by atoms with Gasteiger partial charge in [-0.2, -0.15) is 0 Å². The van der Waals surface area contributed by atoms with Crippen molar-refractivity contribution in [2.45, 2.75) is 25.0 Å². The molecule has 3 nitrogen and oxygen atoms in total. The van der Waals surface area contributed by atoms with Gasteiger partial charge in [-0.15, -0.1) is 0 Å². The predicted molar refractivity (Wildman–Crippen MR) is 81.3 cm³/mol. The van der Waals surface area contributed by atoms with Gasteiger partial charge in [-0.3, -0.25) is 0 Å². The molecule has 0 aromatic heterocycles. The molecule has 20 heavy (non-hydrogen) atoms. The Morgan fingerprint density at radius 3 is 2.80 bits per heavy atom. The van der Waals surface area contributed by atoms with Crippen LogP contribution in [0.1, 0.15) is 12.8 Å². The van der Waals surface area contributed by atoms with Gasteiger partial charge >= 0.3 is 0 Å². The van der Waals surface area contributed by atoms with Crippen molar-refractivity contribution in [2.24, 2.45) is 0 Å². The lowest BCUT2D eigenvalue weighted by Gasteiger charge is -2.15. The first-order valence-electron chi connectivity index (χ1n) is 7.27. The summed E-state index contributed by atoms with van der Waals surface area (Å²) in [6, 6.07) is 14.5. The molecule has 3 heteroatoms. The molecule has 2 atom stereocenters. The molecule has 0 aliphatic carbocycles. The topological polar surface area (TPSA) is 30.5 Å². The van der Waals surface area contributed by atoms with Gasteiger partial charge < -0.3 is 14.8 Å². The average Bonchev–Trinajstić information content (AvgIpc) is 2.93. The first-order valence-corrected chi connectivity index (χ1v) is 7.27. The van der Waals surface area contributed by atoms with Crippen LogP contribution in [0.4, 0.5) is 0 Å². The number of likely N-dealkylation sites (N-methyl/N-ethyl adjacent to an activating group) is 1. The molecule has 1 saturated heterocycles. The molecule has 1 aliphatic heterocycles. The maximum absolute atomic E-state index is 5.98. The van der Waals surface area contributed by atoms with Gasteiger partial charge in [0.1, 0.15) is 12.4 Å². The lowest BCUT2D eigenvalue weighted by atomic mass is 10.1. The smallest absolute Gasteiger partial charge is 0.127 e. The van der Waals surface area contributed by atoms with Gasteiger partial charge in [0, 0.05) is 11.9 Å². The van der Waals surface area contributed by atoms with E-state index in [-0.39, 0.29) is 6.10 Å². The maximum Gasteiger partial charge on any atom is 0.127 e. The fourth-order valence-electron chi connectivity index (χ4n) is 2.78. The number of benzene rings is 2. The summed E-state index contributed by atoms with van der Waals surface area (Å²) >= 11 is 0. The minimum Gasteiger partial charge on any atom is -0.490 e. The first kappa shape index (κ1) is 13.4. The van der Waals surface area contributed by atoms with Gasteiger partial charge in [0.2, 0.25) is 0 Å². The third kappa shape index (κ3) is 2.94. The van der Waals surface area contributed by atoms with Crippen LogP contribution in [0.5, 0.6) is 5.75 Å². The highest BCUT2D eigenvalue weighted by Crippen LogP contribution is 2.26. The second kappa shape index (κ2) is 6.25. The molecule has 2 aromatic carbocycles. The molecular weight excluding hydrogens is 250 g/mol. The number of hydrogen-bond donors (Lipinski definition) is 1. The highest BCUT2D eigenvalue weighted by molar-refractivity contribution is 5.88. The zero-order valence-electron chi connectivity index (χ0n) is 11.8. The molecular formula is C17H21NO2. The van der Waals surface area contributed by atoms with Gasteiger partial charge in [-0.05, 0) is 31.3 Å². The Balaban J connectivity index is 1.63. The van der Waals surface area contributed by atoms with Crippen LogP contribution in [0.2, 0.25) is 0 Å². The molecule has 1 aliphatic rings. The minimum atomic E-state index is 0.215. The number of rotatable bonds is 5. The summed E-state index contributed by atoms with van der Waals surface area (Å²) in [5.74, 6) is 0.948. The highest BCUT2D eigenvalue weighted by atomic mass is 16.5. The van der Waals surface area contributed by atoms with Crippen molar-refractivity contribution in [2.75, 3.05) is 20.2 Å². The summed E-state index contributed by atoms with van der Waals surface area (Å²) in [6.07, 6.45) is 2.75. The van der Waals surface area contributed by atoms with E-state index < -0.39 is 0 Å². The van der Waals surface area contributed by atoms with Crippen molar-refractivity contribution in [1.82, 2.24) is 5.32 Å². The Morgan fingerprint density at radius 2 is 1.90 bits per heavy atom. The molecule has 1 N–H and O–H groups in total. The Labute approximate surface area is 119 Å².